The van der Waals surface area contributed by atoms with Crippen molar-refractivity contribution in [2.24, 2.45) is 0 Å². The topological polar surface area (TPSA) is 93.9 Å². The molecule has 2 aromatic carbocycles. The summed E-state index contributed by atoms with van der Waals surface area (Å²) in [6.07, 6.45) is 1.99. The molecule has 0 amide bonds. The van der Waals surface area contributed by atoms with Crippen LogP contribution in [0.4, 0.5) is 0 Å². The molecular formula is C30H41N5O3S. The second kappa shape index (κ2) is 14.4. The lowest BCUT2D eigenvalue weighted by Crippen LogP contribution is -2.47. The number of thiazole rings is 1. The fraction of sp³-hybridized carbons (Fsp3) is 0.467. The van der Waals surface area contributed by atoms with Crippen LogP contribution in [0.25, 0.3) is 11.3 Å². The van der Waals surface area contributed by atoms with E-state index in [1.54, 1.807) is 23.5 Å². The van der Waals surface area contributed by atoms with Crippen LogP contribution in [0.3, 0.4) is 0 Å². The van der Waals surface area contributed by atoms with Gasteiger partial charge in [-0.05, 0) is 74.2 Å². The summed E-state index contributed by atoms with van der Waals surface area (Å²) in [5.41, 5.74) is 4.73. The van der Waals surface area contributed by atoms with Crippen molar-refractivity contribution < 1.29 is 14.7 Å². The predicted molar refractivity (Wildman–Crippen MR) is 158 cm³/mol. The lowest BCUT2D eigenvalue weighted by Gasteiger charge is -2.34. The van der Waals surface area contributed by atoms with Gasteiger partial charge in [0, 0.05) is 55.3 Å². The first kappa shape index (κ1) is 29.0. The maximum Gasteiger partial charge on any atom is 0.149 e. The monoisotopic (exact) mass is 551 g/mol. The Morgan fingerprint density at radius 2 is 1.44 bits per heavy atom. The van der Waals surface area contributed by atoms with Crippen molar-refractivity contribution >= 4 is 17.2 Å². The van der Waals surface area contributed by atoms with E-state index in [1.165, 1.54) is 4.88 Å². The smallest absolute Gasteiger partial charge is 0.149 e. The Morgan fingerprint density at radius 3 is 1.92 bits per heavy atom. The Kier molecular flexibility index (Phi) is 10.7. The lowest BCUT2D eigenvalue weighted by atomic mass is 10.1. The van der Waals surface area contributed by atoms with Gasteiger partial charge in [-0.3, -0.25) is 16.1 Å². The number of aromatic nitrogens is 1. The molecule has 3 N–H and O–H groups in total. The molecule has 39 heavy (non-hydrogen) atoms. The second-order valence-corrected chi connectivity index (χ2v) is 11.5. The molecule has 0 radical (unpaired) electrons. The van der Waals surface area contributed by atoms with Crippen molar-refractivity contribution in [1.29, 1.82) is 5.41 Å². The number of piperazine rings is 1. The standard InChI is InChI=1S/C30H41N5O3S/c1-22(2)29-28(32-23(3)39-29)24-6-10-26(11-7-24)37-20-4-14-34-16-18-35(19-17-34)15-5-21-38-27-12-8-25(9-13-27)30(31)33-36/h6-13,22,36H,4-5,14-21H2,1-3H3,(H2,31,33). The normalized spacial score (nSPS) is 14.5. The van der Waals surface area contributed by atoms with Gasteiger partial charge < -0.3 is 19.3 Å². The molecule has 0 aliphatic carbocycles. The van der Waals surface area contributed by atoms with E-state index >= 15 is 0 Å². The molecule has 9 heteroatoms. The molecule has 0 spiro atoms. The van der Waals surface area contributed by atoms with E-state index in [0.29, 0.717) is 18.1 Å². The number of ether oxygens (including phenoxy) is 2. The van der Waals surface area contributed by atoms with Gasteiger partial charge >= 0.3 is 0 Å². The Balaban J connectivity index is 1.08. The molecule has 1 aliphatic heterocycles. The Bertz CT molecular complexity index is 1170. The van der Waals surface area contributed by atoms with E-state index in [0.717, 1.165) is 86.5 Å². The SMILES string of the molecule is Cc1nc(-c2ccc(OCCCN3CCN(CCCOc4ccc(C(=N)NO)cc4)CC3)cc2)c(C(C)C)s1. The number of nitrogens with one attached hydrogen (secondary N) is 2. The molecule has 4 rings (SSSR count). The largest absolute Gasteiger partial charge is 0.494 e. The Morgan fingerprint density at radius 1 is 0.923 bits per heavy atom. The summed E-state index contributed by atoms with van der Waals surface area (Å²) in [6.45, 7) is 14.3. The lowest BCUT2D eigenvalue weighted by molar-refractivity contribution is 0.120. The third-order valence-corrected chi connectivity index (χ3v) is 8.18. The van der Waals surface area contributed by atoms with E-state index in [1.807, 2.05) is 17.6 Å². The van der Waals surface area contributed by atoms with Crippen molar-refractivity contribution in [2.45, 2.75) is 39.5 Å². The van der Waals surface area contributed by atoms with Crippen LogP contribution >= 0.6 is 11.3 Å². The van der Waals surface area contributed by atoms with Gasteiger partial charge in [0.2, 0.25) is 0 Å². The molecule has 0 unspecified atom stereocenters. The maximum atomic E-state index is 8.80. The third-order valence-electron chi connectivity index (χ3n) is 6.91. The molecule has 0 bridgehead atoms. The van der Waals surface area contributed by atoms with Crippen LogP contribution < -0.4 is 15.0 Å². The highest BCUT2D eigenvalue weighted by Gasteiger charge is 2.17. The molecule has 1 saturated heterocycles. The minimum atomic E-state index is -0.0268. The molecule has 2 heterocycles. The summed E-state index contributed by atoms with van der Waals surface area (Å²) >= 11 is 1.79. The van der Waals surface area contributed by atoms with Crippen LogP contribution in [0, 0.1) is 12.3 Å². The van der Waals surface area contributed by atoms with Crippen molar-refractivity contribution in [3.05, 3.63) is 64.0 Å². The average molecular weight is 552 g/mol. The molecule has 1 aliphatic rings. The highest BCUT2D eigenvalue weighted by atomic mass is 32.1. The van der Waals surface area contributed by atoms with E-state index in [-0.39, 0.29) is 5.84 Å². The van der Waals surface area contributed by atoms with Crippen LogP contribution in [0.2, 0.25) is 0 Å². The molecule has 0 saturated carbocycles. The van der Waals surface area contributed by atoms with Crippen LogP contribution in [0.15, 0.2) is 48.5 Å². The summed E-state index contributed by atoms with van der Waals surface area (Å²) < 4.78 is 11.9. The highest BCUT2D eigenvalue weighted by molar-refractivity contribution is 7.12. The van der Waals surface area contributed by atoms with E-state index < -0.39 is 0 Å². The van der Waals surface area contributed by atoms with Gasteiger partial charge in [0.25, 0.3) is 0 Å². The average Bonchev–Trinajstić information content (AvgIpc) is 3.36. The molecule has 3 aromatic rings. The van der Waals surface area contributed by atoms with Crippen LogP contribution in [-0.2, 0) is 0 Å². The van der Waals surface area contributed by atoms with Crippen molar-refractivity contribution in [3.63, 3.8) is 0 Å². The van der Waals surface area contributed by atoms with Gasteiger partial charge in [-0.1, -0.05) is 13.8 Å². The van der Waals surface area contributed by atoms with E-state index in [2.05, 4.69) is 54.8 Å². The number of hydrogen-bond acceptors (Lipinski definition) is 8. The van der Waals surface area contributed by atoms with Gasteiger partial charge in [-0.2, -0.15) is 0 Å². The fourth-order valence-corrected chi connectivity index (χ4v) is 5.68. The first-order chi connectivity index (χ1) is 18.9. The van der Waals surface area contributed by atoms with Crippen LogP contribution in [-0.4, -0.2) is 78.3 Å². The number of hydroxylamine groups is 1. The van der Waals surface area contributed by atoms with Gasteiger partial charge in [0.15, 0.2) is 0 Å². The molecule has 1 fully saturated rings. The zero-order valence-corrected chi connectivity index (χ0v) is 24.1. The first-order valence-electron chi connectivity index (χ1n) is 13.8. The maximum absolute atomic E-state index is 8.80. The zero-order chi connectivity index (χ0) is 27.6. The third kappa shape index (κ3) is 8.50. The van der Waals surface area contributed by atoms with Gasteiger partial charge in [0.1, 0.15) is 17.3 Å². The highest BCUT2D eigenvalue weighted by Crippen LogP contribution is 2.34. The fourth-order valence-electron chi connectivity index (χ4n) is 4.73. The number of nitrogens with zero attached hydrogens (tertiary/aromatic N) is 3. The van der Waals surface area contributed by atoms with Crippen molar-refractivity contribution in [2.75, 3.05) is 52.5 Å². The number of aryl methyl sites for hydroxylation is 1. The first-order valence-corrected chi connectivity index (χ1v) is 14.6. The zero-order valence-electron chi connectivity index (χ0n) is 23.3. The second-order valence-electron chi connectivity index (χ2n) is 10.2. The Labute approximate surface area is 236 Å². The number of hydrogen-bond donors (Lipinski definition) is 3. The molecular weight excluding hydrogens is 510 g/mol. The minimum absolute atomic E-state index is 0.0268. The molecule has 0 atom stereocenters. The van der Waals surface area contributed by atoms with Crippen molar-refractivity contribution in [1.82, 2.24) is 20.3 Å². The number of benzene rings is 2. The summed E-state index contributed by atoms with van der Waals surface area (Å²) in [5, 5.41) is 17.5. The quantitative estimate of drug-likeness (QED) is 0.113. The van der Waals surface area contributed by atoms with Gasteiger partial charge in [-0.25, -0.2) is 4.98 Å². The molecule has 210 valence electrons. The summed E-state index contributed by atoms with van der Waals surface area (Å²) in [4.78, 5) is 11.1. The number of amidine groups is 1. The summed E-state index contributed by atoms with van der Waals surface area (Å²) in [5.74, 6) is 2.15. The summed E-state index contributed by atoms with van der Waals surface area (Å²) in [7, 11) is 0. The van der Waals surface area contributed by atoms with E-state index in [9.17, 15) is 0 Å². The van der Waals surface area contributed by atoms with Crippen molar-refractivity contribution in [3.8, 4) is 22.8 Å². The molecule has 1 aromatic heterocycles. The van der Waals surface area contributed by atoms with Crippen LogP contribution in [0.5, 0.6) is 11.5 Å². The summed E-state index contributed by atoms with van der Waals surface area (Å²) in [6, 6.07) is 15.5. The van der Waals surface area contributed by atoms with E-state index in [4.69, 9.17) is 25.1 Å². The predicted octanol–water partition coefficient (Wildman–Crippen LogP) is 5.40. The van der Waals surface area contributed by atoms with Gasteiger partial charge in [-0.15, -0.1) is 11.3 Å². The Hall–Kier alpha value is -2.98. The van der Waals surface area contributed by atoms with Gasteiger partial charge in [0.05, 0.1) is 23.9 Å². The van der Waals surface area contributed by atoms with Crippen LogP contribution in [0.1, 0.15) is 48.1 Å². The molecule has 8 nitrogen and oxygen atoms in total. The minimum Gasteiger partial charge on any atom is -0.494 e. The number of rotatable bonds is 13.